The first kappa shape index (κ1) is 68.9. The molecule has 0 saturated carbocycles. The fourth-order valence-corrected chi connectivity index (χ4v) is 8.49. The first-order chi connectivity index (χ1) is 34.9. The molecule has 0 radical (unpaired) electrons. The van der Waals surface area contributed by atoms with E-state index in [2.05, 4.69) is 111 Å². The van der Waals surface area contributed by atoms with Crippen molar-refractivity contribution in [2.75, 3.05) is 40.9 Å². The molecule has 9 nitrogen and oxygen atoms in total. The maximum atomic E-state index is 13.5. The van der Waals surface area contributed by atoms with E-state index in [4.69, 9.17) is 13.8 Å². The molecule has 0 aliphatic carbocycles. The van der Waals surface area contributed by atoms with Crippen LogP contribution in [0.5, 0.6) is 0 Å². The Hall–Kier alpha value is -3.07. The summed E-state index contributed by atoms with van der Waals surface area (Å²) in [5.41, 5.74) is 0. The van der Waals surface area contributed by atoms with Crippen molar-refractivity contribution in [3.05, 3.63) is 97.2 Å². The number of likely N-dealkylation sites (N-methyl/N-ethyl adjacent to an activating group) is 1. The molecule has 0 bridgehead atoms. The molecule has 0 spiro atoms. The zero-order valence-electron chi connectivity index (χ0n) is 47.1. The summed E-state index contributed by atoms with van der Waals surface area (Å²) < 4.78 is 30.2. The highest BCUT2D eigenvalue weighted by atomic mass is 31.2. The Morgan fingerprint density at radius 1 is 0.500 bits per heavy atom. The number of allylic oxidation sites excluding steroid dienone is 15. The molecule has 0 aromatic rings. The van der Waals surface area contributed by atoms with E-state index in [-0.39, 0.29) is 18.9 Å². The van der Waals surface area contributed by atoms with Crippen molar-refractivity contribution in [2.24, 2.45) is 0 Å². The standard InChI is InChI=1S/C62H109N2O7P/c1-7-10-13-16-19-22-25-28-30-32-34-36-39-42-45-48-51-54-61(65)63-59(58-70-72(67,68)69-57-56-64(4,5)6)60(53-50-47-44-41-38-27-24-21-18-15-12-9-3)71-62(66)55-52-49-46-43-40-37-35-33-31-29-26-23-20-17-14-11-8-2/h11,14,19-20,22-23,28-31,35,37,43,46,50,53,59-60H,7-10,12-13,15-18,21,24-27,32-34,36,38-42,44-45,47-49,51-52,54-58H2,1-6H3,(H-,63,65,67,68)/b14-11-,22-19-,23-20-,30-28-,31-29-,37-35-,46-43-,53-50+. The average Bonchev–Trinajstić information content (AvgIpc) is 3.34. The molecule has 0 saturated heterocycles. The van der Waals surface area contributed by atoms with Gasteiger partial charge in [0.05, 0.1) is 33.8 Å². The van der Waals surface area contributed by atoms with Gasteiger partial charge in [0.25, 0.3) is 7.82 Å². The zero-order valence-corrected chi connectivity index (χ0v) is 48.0. The van der Waals surface area contributed by atoms with Crippen LogP contribution in [0.2, 0.25) is 0 Å². The smallest absolute Gasteiger partial charge is 0.306 e. The number of carbonyl (C=O) groups is 2. The number of ether oxygens (including phenoxy) is 1. The van der Waals surface area contributed by atoms with Crippen LogP contribution in [-0.4, -0.2) is 69.4 Å². The predicted molar refractivity (Wildman–Crippen MR) is 307 cm³/mol. The number of rotatable bonds is 51. The number of nitrogens with zero attached hydrogens (tertiary/aromatic N) is 1. The minimum absolute atomic E-state index is 0.0372. The third kappa shape index (κ3) is 51.8. The summed E-state index contributed by atoms with van der Waals surface area (Å²) in [6, 6.07) is -0.920. The quantitative estimate of drug-likeness (QED) is 0.0212. The van der Waals surface area contributed by atoms with Gasteiger partial charge in [0.2, 0.25) is 5.91 Å². The van der Waals surface area contributed by atoms with E-state index in [0.29, 0.717) is 23.9 Å². The lowest BCUT2D eigenvalue weighted by atomic mass is 10.0. The molecule has 0 aliphatic rings. The Labute approximate surface area is 443 Å². The minimum atomic E-state index is -4.71. The Morgan fingerprint density at radius 3 is 1.39 bits per heavy atom. The molecule has 10 heteroatoms. The number of phosphoric ester groups is 1. The van der Waals surface area contributed by atoms with Gasteiger partial charge in [0.1, 0.15) is 19.3 Å². The lowest BCUT2D eigenvalue weighted by Crippen LogP contribution is -2.47. The van der Waals surface area contributed by atoms with Gasteiger partial charge in [-0.15, -0.1) is 0 Å². The Bertz CT molecular complexity index is 1560. The number of carbonyl (C=O) groups excluding carboxylic acids is 2. The van der Waals surface area contributed by atoms with Gasteiger partial charge in [-0.1, -0.05) is 215 Å². The van der Waals surface area contributed by atoms with Crippen LogP contribution < -0.4 is 10.2 Å². The maximum absolute atomic E-state index is 13.5. The first-order valence-corrected chi connectivity index (χ1v) is 30.5. The van der Waals surface area contributed by atoms with Crippen LogP contribution in [-0.2, 0) is 27.9 Å². The zero-order chi connectivity index (χ0) is 52.9. The number of quaternary nitrogens is 1. The second kappa shape index (κ2) is 51.4. The first-order valence-electron chi connectivity index (χ1n) is 29.0. The normalized spacial score (nSPS) is 14.5. The lowest BCUT2D eigenvalue weighted by Gasteiger charge is -2.30. The van der Waals surface area contributed by atoms with Crippen LogP contribution in [0.15, 0.2) is 97.2 Å². The average molecular weight is 1030 g/mol. The molecule has 3 atom stereocenters. The molecule has 3 unspecified atom stereocenters. The number of esters is 1. The van der Waals surface area contributed by atoms with Crippen molar-refractivity contribution in [2.45, 2.75) is 245 Å². The molecule has 1 N–H and O–H groups in total. The molecule has 0 rings (SSSR count). The maximum Gasteiger partial charge on any atom is 0.306 e. The van der Waals surface area contributed by atoms with Gasteiger partial charge < -0.3 is 28.5 Å². The fraction of sp³-hybridized carbons (Fsp3) is 0.710. The number of phosphoric acid groups is 1. The summed E-state index contributed by atoms with van der Waals surface area (Å²) in [5.74, 6) is -0.624. The highest BCUT2D eigenvalue weighted by Crippen LogP contribution is 2.38. The van der Waals surface area contributed by atoms with Crippen LogP contribution >= 0.6 is 7.82 Å². The van der Waals surface area contributed by atoms with E-state index in [0.717, 1.165) is 96.3 Å². The van der Waals surface area contributed by atoms with Gasteiger partial charge in [-0.2, -0.15) is 0 Å². The van der Waals surface area contributed by atoms with Crippen LogP contribution in [0.1, 0.15) is 233 Å². The monoisotopic (exact) mass is 1020 g/mol. The topological polar surface area (TPSA) is 114 Å². The minimum Gasteiger partial charge on any atom is -0.756 e. The summed E-state index contributed by atoms with van der Waals surface area (Å²) in [6.45, 7) is 6.64. The van der Waals surface area contributed by atoms with Crippen LogP contribution in [0.25, 0.3) is 0 Å². The van der Waals surface area contributed by atoms with Gasteiger partial charge in [-0.3, -0.25) is 14.2 Å². The van der Waals surface area contributed by atoms with E-state index in [9.17, 15) is 19.0 Å². The molecule has 0 aromatic carbocycles. The van der Waals surface area contributed by atoms with Crippen molar-refractivity contribution in [1.82, 2.24) is 5.32 Å². The molecular formula is C62H109N2O7P. The molecule has 1 amide bonds. The van der Waals surface area contributed by atoms with Crippen LogP contribution in [0.4, 0.5) is 0 Å². The second-order valence-electron chi connectivity index (χ2n) is 20.4. The summed E-state index contributed by atoms with van der Waals surface area (Å²) in [4.78, 5) is 39.9. The van der Waals surface area contributed by atoms with Gasteiger partial charge in [0, 0.05) is 12.8 Å². The van der Waals surface area contributed by atoms with E-state index >= 15 is 0 Å². The highest BCUT2D eigenvalue weighted by Gasteiger charge is 2.27. The number of unbranched alkanes of at least 4 members (excludes halogenated alkanes) is 21. The van der Waals surface area contributed by atoms with Crippen LogP contribution in [0.3, 0.4) is 0 Å². The summed E-state index contributed by atoms with van der Waals surface area (Å²) in [5, 5.41) is 3.00. The number of nitrogens with one attached hydrogen (secondary N) is 1. The van der Waals surface area contributed by atoms with Crippen molar-refractivity contribution in [1.29, 1.82) is 0 Å². The number of amides is 1. The summed E-state index contributed by atoms with van der Waals surface area (Å²) in [6.07, 6.45) is 68.0. The predicted octanol–water partition coefficient (Wildman–Crippen LogP) is 17.0. The van der Waals surface area contributed by atoms with Crippen molar-refractivity contribution < 1.29 is 37.3 Å². The van der Waals surface area contributed by atoms with E-state index in [1.807, 2.05) is 27.2 Å². The summed E-state index contributed by atoms with van der Waals surface area (Å²) >= 11 is 0. The van der Waals surface area contributed by atoms with Crippen molar-refractivity contribution in [3.8, 4) is 0 Å². The van der Waals surface area contributed by atoms with E-state index < -0.39 is 32.5 Å². The molecule has 0 aliphatic heterocycles. The second-order valence-corrected chi connectivity index (χ2v) is 21.8. The van der Waals surface area contributed by atoms with Gasteiger partial charge in [-0.05, 0) is 102 Å². The SMILES string of the molecule is CC/C=C\C/C=C\C/C=C\C/C=C\C/C=C\CCCC(=O)OC(/C=C/CCCCCCCCCCCC)C(COP(=O)([O-])OCC[N+](C)(C)C)NC(=O)CCCCCCCCC/C=C\C/C=C\CCCCC. The largest absolute Gasteiger partial charge is 0.756 e. The molecule has 0 heterocycles. The van der Waals surface area contributed by atoms with E-state index in [1.165, 1.54) is 96.3 Å². The Morgan fingerprint density at radius 2 is 0.903 bits per heavy atom. The Kier molecular flexibility index (Phi) is 49.2. The fourth-order valence-electron chi connectivity index (χ4n) is 7.76. The van der Waals surface area contributed by atoms with Crippen LogP contribution in [0, 0.1) is 0 Å². The van der Waals surface area contributed by atoms with Gasteiger partial charge in [-0.25, -0.2) is 0 Å². The number of hydrogen-bond acceptors (Lipinski definition) is 7. The molecule has 414 valence electrons. The molecule has 0 fully saturated rings. The third-order valence-corrected chi connectivity index (χ3v) is 13.2. The third-order valence-electron chi connectivity index (χ3n) is 12.2. The lowest BCUT2D eigenvalue weighted by molar-refractivity contribution is -0.870. The molecule has 0 aromatic heterocycles. The van der Waals surface area contributed by atoms with Crippen molar-refractivity contribution in [3.63, 3.8) is 0 Å². The summed E-state index contributed by atoms with van der Waals surface area (Å²) in [7, 11) is 1.14. The van der Waals surface area contributed by atoms with Gasteiger partial charge in [0.15, 0.2) is 0 Å². The van der Waals surface area contributed by atoms with Crippen molar-refractivity contribution >= 4 is 19.7 Å². The van der Waals surface area contributed by atoms with Gasteiger partial charge >= 0.3 is 5.97 Å². The van der Waals surface area contributed by atoms with E-state index in [1.54, 1.807) is 6.08 Å². The molecular weight excluding hydrogens is 916 g/mol. The number of hydrogen-bond donors (Lipinski definition) is 1. The highest BCUT2D eigenvalue weighted by molar-refractivity contribution is 7.45. The molecule has 72 heavy (non-hydrogen) atoms. The Balaban J connectivity index is 5.45.